The van der Waals surface area contributed by atoms with Crippen LogP contribution in [0.15, 0.2) is 0 Å². The standard InChI is InChI=1S/C59H90N2O8/c1-30-16-20-58(66-28-30)32(3)43-39(68-58)26-51(7)41-15-14-34-22-35-37(24-50(34,6)54(41,10)45(62)47(64)56(43,51)12)61-36-23-49(5)19-18-42-52(8)27-40-44(33(4)59(69-40)21-17-31(2)29-67-59)57(52,13)48(65)46(63)55(42,11)53(49,9)25-38(36)60-35/h30-34,39-48,62-65H,14-29H2,1-13H3/t30-,31-,32-,33-,34?,39-,40-,41?,42?,43-,44-,45-,46-,47+,48+,49-,50-,51-,52-,53-,54+,55+,56-,57-,58+,59+/m0/s1. The van der Waals surface area contributed by atoms with Crippen LogP contribution in [0.25, 0.3) is 0 Å². The van der Waals surface area contributed by atoms with Gasteiger partial charge in [0.15, 0.2) is 11.6 Å². The van der Waals surface area contributed by atoms with Gasteiger partial charge in [0.1, 0.15) is 0 Å². The van der Waals surface area contributed by atoms with E-state index in [-0.39, 0.29) is 74.8 Å². The molecule has 4 aliphatic heterocycles. The van der Waals surface area contributed by atoms with Gasteiger partial charge in [-0.25, -0.2) is 0 Å². The zero-order valence-corrected chi connectivity index (χ0v) is 44.8. The molecule has 10 heteroatoms. The largest absolute Gasteiger partial charge is 0.390 e. The predicted molar refractivity (Wildman–Crippen MR) is 261 cm³/mol. The summed E-state index contributed by atoms with van der Waals surface area (Å²) >= 11 is 0. The molecular formula is C59H90N2O8. The Morgan fingerprint density at radius 1 is 0.478 bits per heavy atom. The quantitative estimate of drug-likeness (QED) is 0.199. The number of hydrogen-bond donors (Lipinski definition) is 4. The molecule has 4 saturated heterocycles. The van der Waals surface area contributed by atoms with E-state index in [0.29, 0.717) is 24.4 Å². The van der Waals surface area contributed by atoms with Gasteiger partial charge in [-0.05, 0) is 134 Å². The molecule has 2 spiro atoms. The van der Waals surface area contributed by atoms with Gasteiger partial charge >= 0.3 is 0 Å². The summed E-state index contributed by atoms with van der Waals surface area (Å²) in [6.45, 7) is 32.1. The first kappa shape index (κ1) is 47.5. The summed E-state index contributed by atoms with van der Waals surface area (Å²) in [7, 11) is 0. The maximum absolute atomic E-state index is 13.1. The molecule has 8 aliphatic carbocycles. The Kier molecular flexibility index (Phi) is 9.61. The van der Waals surface area contributed by atoms with Crippen LogP contribution in [-0.2, 0) is 44.6 Å². The van der Waals surface area contributed by atoms with Gasteiger partial charge in [0.05, 0.1) is 72.6 Å². The molecule has 0 amide bonds. The van der Waals surface area contributed by atoms with E-state index in [4.69, 9.17) is 28.9 Å². The fraction of sp³-hybridized carbons (Fsp3) is 0.932. The highest BCUT2D eigenvalue weighted by molar-refractivity contribution is 5.37. The molecular weight excluding hydrogens is 865 g/mol. The molecule has 3 unspecified atom stereocenters. The number of aliphatic hydroxyl groups is 4. The molecule has 13 rings (SSSR count). The number of ether oxygens (including phenoxy) is 4. The van der Waals surface area contributed by atoms with E-state index >= 15 is 0 Å². The summed E-state index contributed by atoms with van der Waals surface area (Å²) in [6, 6.07) is 0. The second kappa shape index (κ2) is 14.0. The lowest BCUT2D eigenvalue weighted by molar-refractivity contribution is -0.319. The molecule has 0 radical (unpaired) electrons. The van der Waals surface area contributed by atoms with Gasteiger partial charge in [-0.2, -0.15) is 0 Å². The van der Waals surface area contributed by atoms with Gasteiger partial charge in [-0.15, -0.1) is 0 Å². The van der Waals surface area contributed by atoms with Gasteiger partial charge in [0, 0.05) is 58.2 Å². The van der Waals surface area contributed by atoms with E-state index in [1.165, 1.54) is 0 Å². The van der Waals surface area contributed by atoms with Crippen LogP contribution < -0.4 is 0 Å². The van der Waals surface area contributed by atoms with Gasteiger partial charge in [0.2, 0.25) is 0 Å². The van der Waals surface area contributed by atoms with Crippen molar-refractivity contribution in [2.45, 2.75) is 228 Å². The highest BCUT2D eigenvalue weighted by Gasteiger charge is 2.83. The monoisotopic (exact) mass is 955 g/mol. The fourth-order valence-corrected chi connectivity index (χ4v) is 23.1. The molecule has 4 N–H and O–H groups in total. The Balaban J connectivity index is 0.812. The minimum Gasteiger partial charge on any atom is -0.390 e. The van der Waals surface area contributed by atoms with Gasteiger partial charge < -0.3 is 39.4 Å². The molecule has 5 heterocycles. The molecule has 1 aromatic heterocycles. The Morgan fingerprint density at radius 3 is 1.46 bits per heavy atom. The summed E-state index contributed by atoms with van der Waals surface area (Å²) in [5.41, 5.74) is 0.956. The lowest BCUT2D eigenvalue weighted by Gasteiger charge is -2.74. The summed E-state index contributed by atoms with van der Waals surface area (Å²) in [6.07, 6.45) is 9.38. The van der Waals surface area contributed by atoms with Gasteiger partial charge in [-0.1, -0.05) is 90.0 Å². The van der Waals surface area contributed by atoms with Crippen LogP contribution in [-0.4, -0.2) is 91.8 Å². The molecule has 10 nitrogen and oxygen atoms in total. The molecule has 0 bridgehead atoms. The first-order chi connectivity index (χ1) is 32.2. The normalized spacial score (nSPS) is 63.1. The third kappa shape index (κ3) is 5.04. The SMILES string of the molecule is C[C@H]1CC[C@@]2(OC1)O[C@H]1C[C@@]3(C)C4CC[C@@]5(C)Cc6nc7c(nc6C[C@]5(C)[C@@]4(C)[C@@H](O)[C@@H](O)[C@]3(C)[C@H]1[C@@H]2C)CC1CCC2[C@]3(C)C[C@@H]4O[C@]5(CC[C@H](C)CO5)[C@@H](C)[C@@H]4[C@@]3(C)[C@H](O)[C@H](O)[C@]2(C)[C@@]1(C)C7. The Bertz CT molecular complexity index is 2330. The average Bonchev–Trinajstić information content (AvgIpc) is 3.89. The van der Waals surface area contributed by atoms with E-state index in [0.717, 1.165) is 119 Å². The van der Waals surface area contributed by atoms with Crippen molar-refractivity contribution in [3.63, 3.8) is 0 Å². The van der Waals surface area contributed by atoms with Crippen LogP contribution in [0.1, 0.15) is 177 Å². The molecule has 26 atom stereocenters. The smallest absolute Gasteiger partial charge is 0.171 e. The topological polar surface area (TPSA) is 144 Å². The predicted octanol–water partition coefficient (Wildman–Crippen LogP) is 9.03. The van der Waals surface area contributed by atoms with Crippen molar-refractivity contribution in [2.75, 3.05) is 13.2 Å². The summed E-state index contributed by atoms with van der Waals surface area (Å²) in [5.74, 6) is 1.04. The lowest BCUT2D eigenvalue weighted by atomic mass is 9.31. The molecule has 1 aromatic rings. The third-order valence-electron chi connectivity index (χ3n) is 28.0. The van der Waals surface area contributed by atoms with Crippen molar-refractivity contribution < 1.29 is 39.4 Å². The summed E-state index contributed by atoms with van der Waals surface area (Å²) < 4.78 is 27.5. The number of aliphatic hydroxyl groups excluding tert-OH is 4. The summed E-state index contributed by atoms with van der Waals surface area (Å²) in [4.78, 5) is 11.4. The number of rotatable bonds is 0. The zero-order valence-electron chi connectivity index (χ0n) is 44.8. The molecule has 6 saturated carbocycles. The van der Waals surface area contributed by atoms with Crippen molar-refractivity contribution in [3.8, 4) is 0 Å². The Labute approximate surface area is 414 Å². The van der Waals surface area contributed by atoms with Crippen molar-refractivity contribution in [1.29, 1.82) is 0 Å². The number of aromatic nitrogens is 2. The first-order valence-electron chi connectivity index (χ1n) is 28.4. The Hall–Kier alpha value is -1.24. The van der Waals surface area contributed by atoms with Crippen LogP contribution in [0.3, 0.4) is 0 Å². The average molecular weight is 955 g/mol. The molecule has 69 heavy (non-hydrogen) atoms. The number of fused-ring (bicyclic) bond motifs is 16. The molecule has 0 aromatic carbocycles. The Morgan fingerprint density at radius 2 is 0.942 bits per heavy atom. The highest BCUT2D eigenvalue weighted by atomic mass is 16.7. The second-order valence-corrected chi connectivity index (χ2v) is 29.6. The number of hydrogen-bond acceptors (Lipinski definition) is 10. The third-order valence-corrected chi connectivity index (χ3v) is 28.0. The lowest BCUT2D eigenvalue weighted by Crippen LogP contribution is -2.75. The maximum atomic E-state index is 13.1. The minimum atomic E-state index is -0.899. The van der Waals surface area contributed by atoms with Crippen molar-refractivity contribution in [1.82, 2.24) is 9.97 Å². The number of nitrogens with zero attached hydrogens (tertiary/aromatic N) is 2. The molecule has 12 aliphatic rings. The van der Waals surface area contributed by atoms with Crippen molar-refractivity contribution >= 4 is 0 Å². The van der Waals surface area contributed by atoms with Crippen LogP contribution in [0.2, 0.25) is 0 Å². The molecule has 10 fully saturated rings. The first-order valence-corrected chi connectivity index (χ1v) is 28.4. The van der Waals surface area contributed by atoms with Crippen LogP contribution in [0.4, 0.5) is 0 Å². The van der Waals surface area contributed by atoms with Crippen LogP contribution in [0.5, 0.6) is 0 Å². The second-order valence-electron chi connectivity index (χ2n) is 29.6. The van der Waals surface area contributed by atoms with E-state index in [1.54, 1.807) is 0 Å². The van der Waals surface area contributed by atoms with Gasteiger partial charge in [0.25, 0.3) is 0 Å². The van der Waals surface area contributed by atoms with Crippen LogP contribution >= 0.6 is 0 Å². The fourth-order valence-electron chi connectivity index (χ4n) is 23.1. The molecule has 384 valence electrons. The van der Waals surface area contributed by atoms with Gasteiger partial charge in [-0.3, -0.25) is 9.97 Å². The van der Waals surface area contributed by atoms with E-state index in [1.807, 2.05) is 0 Å². The zero-order chi connectivity index (χ0) is 49.0. The van der Waals surface area contributed by atoms with Crippen LogP contribution in [0, 0.1) is 102 Å². The summed E-state index contributed by atoms with van der Waals surface area (Å²) in [5, 5.41) is 52.0. The maximum Gasteiger partial charge on any atom is 0.171 e. The van der Waals surface area contributed by atoms with E-state index in [2.05, 4.69) is 90.0 Å². The van der Waals surface area contributed by atoms with E-state index < -0.39 is 57.7 Å². The van der Waals surface area contributed by atoms with E-state index in [9.17, 15) is 20.4 Å². The highest BCUT2D eigenvalue weighted by Crippen LogP contribution is 2.82. The van der Waals surface area contributed by atoms with Crippen molar-refractivity contribution in [2.24, 2.45) is 102 Å². The van der Waals surface area contributed by atoms with Crippen molar-refractivity contribution in [3.05, 3.63) is 22.8 Å². The minimum absolute atomic E-state index is 0.000792.